The molecular formula is C12H17NO4S. The number of carboxylic acids is 1. The van der Waals surface area contributed by atoms with Crippen molar-refractivity contribution >= 4 is 23.2 Å². The highest BCUT2D eigenvalue weighted by molar-refractivity contribution is 7.09. The molecule has 100 valence electrons. The molecule has 0 aliphatic heterocycles. The zero-order valence-corrected chi connectivity index (χ0v) is 11.3. The summed E-state index contributed by atoms with van der Waals surface area (Å²) in [4.78, 5) is 24.8. The Hall–Kier alpha value is -1.40. The van der Waals surface area contributed by atoms with Crippen LogP contribution in [0.4, 0.5) is 0 Å². The minimum Gasteiger partial charge on any atom is -0.480 e. The van der Waals surface area contributed by atoms with Crippen molar-refractivity contribution in [2.24, 2.45) is 0 Å². The number of carbonyl (C=O) groups excluding carboxylic acids is 1. The van der Waals surface area contributed by atoms with Crippen LogP contribution in [0.15, 0.2) is 17.5 Å². The van der Waals surface area contributed by atoms with Crippen LogP contribution >= 0.6 is 11.3 Å². The quantitative estimate of drug-likeness (QED) is 0.810. The summed E-state index contributed by atoms with van der Waals surface area (Å²) in [6.07, 6.45) is 0.791. The van der Waals surface area contributed by atoms with E-state index in [-0.39, 0.29) is 18.6 Å². The summed E-state index contributed by atoms with van der Waals surface area (Å²) in [5.74, 6) is -1.28. The van der Waals surface area contributed by atoms with E-state index < -0.39 is 12.6 Å². The third-order valence-electron chi connectivity index (χ3n) is 2.58. The van der Waals surface area contributed by atoms with Crippen molar-refractivity contribution in [3.05, 3.63) is 22.4 Å². The summed E-state index contributed by atoms with van der Waals surface area (Å²) in [6.45, 7) is 1.31. The largest absolute Gasteiger partial charge is 0.480 e. The number of hydrogen-bond donors (Lipinski definition) is 1. The average Bonchev–Trinajstić information content (AvgIpc) is 2.80. The van der Waals surface area contributed by atoms with Crippen LogP contribution in [-0.4, -0.2) is 48.2 Å². The van der Waals surface area contributed by atoms with E-state index in [9.17, 15) is 9.59 Å². The zero-order valence-electron chi connectivity index (χ0n) is 10.5. The number of carboxylic acid groups (broad SMARTS) is 1. The molecule has 5 nitrogen and oxygen atoms in total. The molecule has 0 fully saturated rings. The number of thiophene rings is 1. The van der Waals surface area contributed by atoms with Gasteiger partial charge >= 0.3 is 5.97 Å². The molecule has 0 saturated carbocycles. The lowest BCUT2D eigenvalue weighted by atomic mass is 10.2. The van der Waals surface area contributed by atoms with Gasteiger partial charge in [-0.05, 0) is 18.4 Å². The highest BCUT2D eigenvalue weighted by Gasteiger charge is 2.16. The summed E-state index contributed by atoms with van der Waals surface area (Å²) in [6, 6.07) is 4.06. The molecule has 1 aromatic heterocycles. The van der Waals surface area contributed by atoms with E-state index in [1.165, 1.54) is 4.88 Å². The van der Waals surface area contributed by atoms with Gasteiger partial charge in [0, 0.05) is 24.4 Å². The van der Waals surface area contributed by atoms with E-state index in [0.29, 0.717) is 0 Å². The number of aliphatic carboxylic acids is 1. The standard InChI is InChI=1S/C12H17NO4S/c1-9(6-10-4-3-5-18-10)13(2)11(14)7-17-8-12(15)16/h3-5,9H,6-8H2,1-2H3,(H,15,16). The molecule has 1 amide bonds. The lowest BCUT2D eigenvalue weighted by Gasteiger charge is -2.24. The van der Waals surface area contributed by atoms with Gasteiger partial charge in [-0.2, -0.15) is 0 Å². The summed E-state index contributed by atoms with van der Waals surface area (Å²) in [5, 5.41) is 10.4. The van der Waals surface area contributed by atoms with E-state index in [2.05, 4.69) is 0 Å². The van der Waals surface area contributed by atoms with E-state index in [1.807, 2.05) is 24.4 Å². The molecule has 1 rings (SSSR count). The fraction of sp³-hybridized carbons (Fsp3) is 0.500. The number of likely N-dealkylation sites (N-methyl/N-ethyl adjacent to an activating group) is 1. The molecule has 0 radical (unpaired) electrons. The molecule has 0 bridgehead atoms. The molecule has 0 spiro atoms. The van der Waals surface area contributed by atoms with Gasteiger partial charge < -0.3 is 14.7 Å². The highest BCUT2D eigenvalue weighted by atomic mass is 32.1. The Kier molecular flexibility index (Phi) is 5.80. The van der Waals surface area contributed by atoms with Gasteiger partial charge in [-0.25, -0.2) is 4.79 Å². The fourth-order valence-electron chi connectivity index (χ4n) is 1.43. The number of hydrogen-bond acceptors (Lipinski definition) is 4. The van der Waals surface area contributed by atoms with E-state index in [1.54, 1.807) is 23.3 Å². The van der Waals surface area contributed by atoms with Crippen LogP contribution in [0.3, 0.4) is 0 Å². The highest BCUT2D eigenvalue weighted by Crippen LogP contribution is 2.13. The minimum absolute atomic E-state index is 0.0598. The lowest BCUT2D eigenvalue weighted by Crippen LogP contribution is -2.38. The molecule has 1 atom stereocenters. The first-order valence-electron chi connectivity index (χ1n) is 5.58. The van der Waals surface area contributed by atoms with Gasteiger partial charge in [-0.15, -0.1) is 11.3 Å². The Morgan fingerprint density at radius 1 is 1.50 bits per heavy atom. The maximum Gasteiger partial charge on any atom is 0.329 e. The van der Waals surface area contributed by atoms with Crippen LogP contribution < -0.4 is 0 Å². The zero-order chi connectivity index (χ0) is 13.5. The Balaban J connectivity index is 2.35. The first-order valence-corrected chi connectivity index (χ1v) is 6.46. The minimum atomic E-state index is -1.07. The molecular weight excluding hydrogens is 254 g/mol. The molecule has 0 aliphatic rings. The Morgan fingerprint density at radius 3 is 2.78 bits per heavy atom. The normalized spacial score (nSPS) is 12.1. The van der Waals surface area contributed by atoms with Crippen molar-refractivity contribution in [3.8, 4) is 0 Å². The van der Waals surface area contributed by atoms with Gasteiger partial charge in [-0.1, -0.05) is 6.07 Å². The van der Waals surface area contributed by atoms with E-state index in [0.717, 1.165) is 6.42 Å². The summed E-state index contributed by atoms with van der Waals surface area (Å²) >= 11 is 1.66. The van der Waals surface area contributed by atoms with Crippen LogP contribution in [0.5, 0.6) is 0 Å². The molecule has 18 heavy (non-hydrogen) atoms. The van der Waals surface area contributed by atoms with Crippen molar-refractivity contribution < 1.29 is 19.4 Å². The van der Waals surface area contributed by atoms with Crippen molar-refractivity contribution in [2.75, 3.05) is 20.3 Å². The molecule has 1 N–H and O–H groups in total. The van der Waals surface area contributed by atoms with Gasteiger partial charge in [0.15, 0.2) is 0 Å². The topological polar surface area (TPSA) is 66.8 Å². The van der Waals surface area contributed by atoms with Crippen molar-refractivity contribution in [2.45, 2.75) is 19.4 Å². The first kappa shape index (κ1) is 14.7. The molecule has 0 saturated heterocycles. The number of ether oxygens (including phenoxy) is 1. The Morgan fingerprint density at radius 2 is 2.22 bits per heavy atom. The average molecular weight is 271 g/mol. The van der Waals surface area contributed by atoms with Gasteiger partial charge in [0.25, 0.3) is 0 Å². The summed E-state index contributed by atoms with van der Waals surface area (Å²) in [7, 11) is 1.70. The summed E-state index contributed by atoms with van der Waals surface area (Å²) < 4.78 is 4.78. The van der Waals surface area contributed by atoms with Crippen molar-refractivity contribution in [1.29, 1.82) is 0 Å². The van der Waals surface area contributed by atoms with Crippen LogP contribution in [0.25, 0.3) is 0 Å². The smallest absolute Gasteiger partial charge is 0.329 e. The Labute approximate surface area is 110 Å². The van der Waals surface area contributed by atoms with E-state index in [4.69, 9.17) is 9.84 Å². The lowest BCUT2D eigenvalue weighted by molar-refractivity contribution is -0.146. The number of amides is 1. The SMILES string of the molecule is CC(Cc1cccs1)N(C)C(=O)COCC(=O)O. The molecule has 6 heteroatoms. The van der Waals surface area contributed by atoms with Crippen molar-refractivity contribution in [3.63, 3.8) is 0 Å². The second kappa shape index (κ2) is 7.13. The third-order valence-corrected chi connectivity index (χ3v) is 3.48. The second-order valence-electron chi connectivity index (χ2n) is 4.02. The van der Waals surface area contributed by atoms with Gasteiger partial charge in [0.1, 0.15) is 13.2 Å². The van der Waals surface area contributed by atoms with Gasteiger partial charge in [0.05, 0.1) is 0 Å². The predicted molar refractivity (Wildman–Crippen MR) is 68.7 cm³/mol. The second-order valence-corrected chi connectivity index (χ2v) is 5.06. The number of nitrogens with zero attached hydrogens (tertiary/aromatic N) is 1. The maximum absolute atomic E-state index is 11.7. The molecule has 0 aromatic carbocycles. The number of rotatable bonds is 7. The first-order chi connectivity index (χ1) is 8.50. The Bertz CT molecular complexity index is 391. The van der Waals surface area contributed by atoms with Crippen LogP contribution in [0.2, 0.25) is 0 Å². The fourth-order valence-corrected chi connectivity index (χ4v) is 2.26. The van der Waals surface area contributed by atoms with Crippen LogP contribution in [-0.2, 0) is 20.7 Å². The van der Waals surface area contributed by atoms with Gasteiger partial charge in [0.2, 0.25) is 5.91 Å². The summed E-state index contributed by atoms with van der Waals surface area (Å²) in [5.41, 5.74) is 0. The molecule has 0 aliphatic carbocycles. The monoisotopic (exact) mass is 271 g/mol. The van der Waals surface area contributed by atoms with Gasteiger partial charge in [-0.3, -0.25) is 4.79 Å². The van der Waals surface area contributed by atoms with Crippen molar-refractivity contribution in [1.82, 2.24) is 4.90 Å². The van der Waals surface area contributed by atoms with Crippen LogP contribution in [0, 0.1) is 0 Å². The maximum atomic E-state index is 11.7. The third kappa shape index (κ3) is 4.85. The molecule has 1 heterocycles. The van der Waals surface area contributed by atoms with E-state index >= 15 is 0 Å². The van der Waals surface area contributed by atoms with Crippen LogP contribution in [0.1, 0.15) is 11.8 Å². The molecule has 1 aromatic rings. The molecule has 1 unspecified atom stereocenters. The number of carbonyl (C=O) groups is 2. The predicted octanol–water partition coefficient (Wildman–Crippen LogP) is 1.24.